The average Bonchev–Trinajstić information content (AvgIpc) is 2.31. The van der Waals surface area contributed by atoms with Gasteiger partial charge in [-0.15, -0.1) is 0 Å². The maximum atomic E-state index is 10.2. The van der Waals surface area contributed by atoms with Crippen molar-refractivity contribution >= 4 is 17.5 Å². The van der Waals surface area contributed by atoms with Gasteiger partial charge in [-0.2, -0.15) is 0 Å². The summed E-state index contributed by atoms with van der Waals surface area (Å²) in [5, 5.41) is 0. The molecule has 1 rings (SSSR count). The first kappa shape index (κ1) is 8.44. The van der Waals surface area contributed by atoms with Gasteiger partial charge in [0.15, 0.2) is 6.10 Å². The van der Waals surface area contributed by atoms with E-state index in [0.29, 0.717) is 0 Å². The Hall–Kier alpha value is -0.660. The van der Waals surface area contributed by atoms with Gasteiger partial charge in [0.1, 0.15) is 13.2 Å². The summed E-state index contributed by atoms with van der Waals surface area (Å²) in [6, 6.07) is 0. The van der Waals surface area contributed by atoms with Crippen molar-refractivity contribution in [3.05, 3.63) is 0 Å². The van der Waals surface area contributed by atoms with E-state index in [1.165, 1.54) is 0 Å². The van der Waals surface area contributed by atoms with Crippen LogP contribution in [0.4, 0.5) is 4.79 Å². The van der Waals surface area contributed by atoms with Crippen LogP contribution in [0.1, 0.15) is 0 Å². The Kier molecular flexibility index (Phi) is 2.80. The average molecular weight is 181 g/mol. The van der Waals surface area contributed by atoms with E-state index in [-0.39, 0.29) is 13.2 Å². The van der Waals surface area contributed by atoms with Crippen LogP contribution in [0.5, 0.6) is 0 Å². The number of hydrogen-bond donors (Lipinski definition) is 0. The lowest BCUT2D eigenvalue weighted by Crippen LogP contribution is -2.18. The van der Waals surface area contributed by atoms with E-state index in [9.17, 15) is 13.6 Å². The third kappa shape index (κ3) is 2.83. The quantitative estimate of drug-likeness (QED) is 0.424. The standard InChI is InChI=1S/C4H6O6S/c5-4-8-1-3(10-4)2-9-11(6)7/h3H,1-2H2,(H,6,7)/p-1. The van der Waals surface area contributed by atoms with E-state index in [4.69, 9.17) is 0 Å². The van der Waals surface area contributed by atoms with Crippen LogP contribution in [0.3, 0.4) is 0 Å². The van der Waals surface area contributed by atoms with Crippen LogP contribution in [0.2, 0.25) is 0 Å². The predicted molar refractivity (Wildman–Crippen MR) is 31.1 cm³/mol. The second-order valence-corrected chi connectivity index (χ2v) is 2.43. The summed E-state index contributed by atoms with van der Waals surface area (Å²) in [7, 11) is 0. The number of hydrogen-bond acceptors (Lipinski definition) is 6. The van der Waals surface area contributed by atoms with Crippen LogP contribution in [0, 0.1) is 0 Å². The predicted octanol–water partition coefficient (Wildman–Crippen LogP) is -0.667. The number of rotatable bonds is 3. The molecule has 0 aromatic rings. The molecule has 0 aliphatic carbocycles. The molecular weight excluding hydrogens is 176 g/mol. The normalized spacial score (nSPS) is 25.9. The number of cyclic esters (lactones) is 2. The smallest absolute Gasteiger partial charge is 0.508 e. The maximum absolute atomic E-state index is 10.2. The number of carbonyl (C=O) groups is 1. The van der Waals surface area contributed by atoms with Crippen molar-refractivity contribution in [2.75, 3.05) is 13.2 Å². The lowest BCUT2D eigenvalue weighted by Gasteiger charge is -2.07. The SMILES string of the molecule is O=C1OCC(COS(=O)[O-])O1. The van der Waals surface area contributed by atoms with Gasteiger partial charge >= 0.3 is 6.16 Å². The fourth-order valence-electron chi connectivity index (χ4n) is 0.579. The summed E-state index contributed by atoms with van der Waals surface area (Å²) in [6.07, 6.45) is -1.41. The summed E-state index contributed by atoms with van der Waals surface area (Å²) >= 11 is -2.57. The fraction of sp³-hybridized carbons (Fsp3) is 0.750. The van der Waals surface area contributed by atoms with E-state index in [1.54, 1.807) is 0 Å². The molecule has 0 saturated carbocycles. The highest BCUT2D eigenvalue weighted by atomic mass is 32.2. The monoisotopic (exact) mass is 181 g/mol. The molecule has 7 heteroatoms. The van der Waals surface area contributed by atoms with E-state index < -0.39 is 23.6 Å². The molecule has 0 aromatic heterocycles. The summed E-state index contributed by atoms with van der Waals surface area (Å²) in [6.45, 7) is -0.155. The van der Waals surface area contributed by atoms with Crippen LogP contribution < -0.4 is 0 Å². The van der Waals surface area contributed by atoms with Crippen molar-refractivity contribution in [1.82, 2.24) is 0 Å². The molecule has 0 amide bonds. The fourth-order valence-corrected chi connectivity index (χ4v) is 0.842. The second-order valence-electron chi connectivity index (χ2n) is 1.79. The molecule has 1 aliphatic rings. The maximum Gasteiger partial charge on any atom is 0.508 e. The van der Waals surface area contributed by atoms with Crippen molar-refractivity contribution in [1.29, 1.82) is 0 Å². The molecule has 0 spiro atoms. The molecule has 11 heavy (non-hydrogen) atoms. The van der Waals surface area contributed by atoms with Crippen LogP contribution in [-0.2, 0) is 25.0 Å². The van der Waals surface area contributed by atoms with Crippen LogP contribution in [0.15, 0.2) is 0 Å². The zero-order valence-corrected chi connectivity index (χ0v) is 6.17. The third-order valence-electron chi connectivity index (χ3n) is 1.00. The first-order chi connectivity index (χ1) is 5.18. The summed E-state index contributed by atoms with van der Waals surface area (Å²) < 4.78 is 32.6. The van der Waals surface area contributed by atoms with E-state index >= 15 is 0 Å². The largest absolute Gasteiger partial charge is 0.750 e. The first-order valence-electron chi connectivity index (χ1n) is 2.74. The minimum atomic E-state index is -2.57. The Balaban J connectivity index is 2.18. The van der Waals surface area contributed by atoms with Gasteiger partial charge in [0.05, 0.1) is 11.4 Å². The topological polar surface area (TPSA) is 84.9 Å². The van der Waals surface area contributed by atoms with Gasteiger partial charge in [-0.3, -0.25) is 4.18 Å². The molecule has 0 bridgehead atoms. The lowest BCUT2D eigenvalue weighted by atomic mass is 10.4. The molecule has 1 heterocycles. The van der Waals surface area contributed by atoms with Gasteiger partial charge in [-0.25, -0.2) is 9.00 Å². The van der Waals surface area contributed by atoms with Crippen molar-refractivity contribution in [2.24, 2.45) is 0 Å². The molecule has 64 valence electrons. The summed E-state index contributed by atoms with van der Waals surface area (Å²) in [4.78, 5) is 10.2. The molecule has 1 fully saturated rings. The molecule has 1 saturated heterocycles. The van der Waals surface area contributed by atoms with Crippen LogP contribution in [0.25, 0.3) is 0 Å². The molecule has 0 aromatic carbocycles. The third-order valence-corrected chi connectivity index (χ3v) is 1.33. The van der Waals surface area contributed by atoms with Gasteiger partial charge in [0, 0.05) is 0 Å². The molecule has 2 unspecified atom stereocenters. The minimum Gasteiger partial charge on any atom is -0.750 e. The second kappa shape index (κ2) is 3.65. The summed E-state index contributed by atoms with van der Waals surface area (Å²) in [5.41, 5.74) is 0. The van der Waals surface area contributed by atoms with Gasteiger partial charge in [0.25, 0.3) is 0 Å². The summed E-state index contributed by atoms with van der Waals surface area (Å²) in [5.74, 6) is 0. The van der Waals surface area contributed by atoms with Crippen molar-refractivity contribution in [3.63, 3.8) is 0 Å². The molecule has 2 atom stereocenters. The number of ether oxygens (including phenoxy) is 2. The van der Waals surface area contributed by atoms with Gasteiger partial charge in [-0.05, 0) is 0 Å². The van der Waals surface area contributed by atoms with Gasteiger partial charge in [0.2, 0.25) is 0 Å². The molecule has 1 aliphatic heterocycles. The van der Waals surface area contributed by atoms with Crippen molar-refractivity contribution in [3.8, 4) is 0 Å². The Morgan fingerprint density at radius 2 is 2.55 bits per heavy atom. The highest BCUT2D eigenvalue weighted by Crippen LogP contribution is 2.06. The van der Waals surface area contributed by atoms with E-state index in [2.05, 4.69) is 13.7 Å². The van der Waals surface area contributed by atoms with Gasteiger partial charge < -0.3 is 14.0 Å². The number of carbonyl (C=O) groups excluding carboxylic acids is 1. The Bertz CT molecular complexity index is 179. The van der Waals surface area contributed by atoms with Crippen LogP contribution in [-0.4, -0.2) is 34.2 Å². The van der Waals surface area contributed by atoms with Crippen LogP contribution >= 0.6 is 0 Å². The zero-order valence-electron chi connectivity index (χ0n) is 5.35. The Labute approximate surface area is 64.9 Å². The van der Waals surface area contributed by atoms with E-state index in [1.807, 2.05) is 0 Å². The van der Waals surface area contributed by atoms with Crippen molar-refractivity contribution < 1.29 is 27.2 Å². The van der Waals surface area contributed by atoms with Gasteiger partial charge in [-0.1, -0.05) is 0 Å². The van der Waals surface area contributed by atoms with Crippen molar-refractivity contribution in [2.45, 2.75) is 6.10 Å². The molecule has 6 nitrogen and oxygen atoms in total. The highest BCUT2D eigenvalue weighted by Gasteiger charge is 2.24. The van der Waals surface area contributed by atoms with E-state index in [0.717, 1.165) is 0 Å². The molecular formula is C4H5O6S-. The molecule has 0 N–H and O–H groups in total. The lowest BCUT2D eigenvalue weighted by molar-refractivity contribution is 0.0987. The molecule has 0 radical (unpaired) electrons. The highest BCUT2D eigenvalue weighted by molar-refractivity contribution is 7.74. The first-order valence-corrected chi connectivity index (χ1v) is 3.74. The Morgan fingerprint density at radius 3 is 3.00 bits per heavy atom. The zero-order chi connectivity index (χ0) is 8.27. The minimum absolute atomic E-state index is 0.0377. The Morgan fingerprint density at radius 1 is 1.82 bits per heavy atom.